The monoisotopic (exact) mass is 247 g/mol. The van der Waals surface area contributed by atoms with Crippen LogP contribution in [-0.2, 0) is 6.42 Å². The summed E-state index contributed by atoms with van der Waals surface area (Å²) in [6.45, 7) is 11.5. The Morgan fingerprint density at radius 2 is 1.50 bits per heavy atom. The maximum Gasteiger partial charge on any atom is 0.0345 e. The molecule has 2 unspecified atom stereocenters. The Kier molecular flexibility index (Phi) is 5.87. The minimum absolute atomic E-state index is 0.457. The van der Waals surface area contributed by atoms with Gasteiger partial charge in [-0.1, -0.05) is 58.9 Å². The van der Waals surface area contributed by atoms with Crippen molar-refractivity contribution in [1.82, 2.24) is 5.32 Å². The van der Waals surface area contributed by atoms with E-state index in [1.165, 1.54) is 17.5 Å². The van der Waals surface area contributed by atoms with Crippen molar-refractivity contribution < 1.29 is 0 Å². The third-order valence-corrected chi connectivity index (χ3v) is 3.87. The first-order chi connectivity index (χ1) is 8.45. The van der Waals surface area contributed by atoms with E-state index in [1.54, 1.807) is 0 Å². The molecule has 1 heteroatoms. The van der Waals surface area contributed by atoms with Crippen LogP contribution in [0.2, 0.25) is 0 Å². The van der Waals surface area contributed by atoms with Gasteiger partial charge in [-0.15, -0.1) is 0 Å². The Labute approximate surface area is 113 Å². The van der Waals surface area contributed by atoms with Crippen LogP contribution in [0.1, 0.15) is 51.8 Å². The Morgan fingerprint density at radius 1 is 0.944 bits per heavy atom. The van der Waals surface area contributed by atoms with E-state index in [0.29, 0.717) is 17.9 Å². The lowest BCUT2D eigenvalue weighted by atomic mass is 9.85. The molecule has 102 valence electrons. The van der Waals surface area contributed by atoms with Gasteiger partial charge in [-0.3, -0.25) is 0 Å². The summed E-state index contributed by atoms with van der Waals surface area (Å²) in [5.74, 6) is 2.06. The summed E-state index contributed by atoms with van der Waals surface area (Å²) in [4.78, 5) is 0. The highest BCUT2D eigenvalue weighted by Crippen LogP contribution is 2.27. The lowest BCUT2D eigenvalue weighted by Gasteiger charge is -2.27. The highest BCUT2D eigenvalue weighted by Gasteiger charge is 2.20. The first kappa shape index (κ1) is 15.2. The van der Waals surface area contributed by atoms with Crippen LogP contribution in [-0.4, -0.2) is 7.05 Å². The van der Waals surface area contributed by atoms with Gasteiger partial charge >= 0.3 is 0 Å². The van der Waals surface area contributed by atoms with Crippen molar-refractivity contribution in [2.24, 2.45) is 17.8 Å². The maximum absolute atomic E-state index is 3.46. The lowest BCUT2D eigenvalue weighted by molar-refractivity contribution is 0.317. The summed E-state index contributed by atoms with van der Waals surface area (Å²) < 4.78 is 0. The highest BCUT2D eigenvalue weighted by atomic mass is 14.9. The summed E-state index contributed by atoms with van der Waals surface area (Å²) in [5, 5.41) is 3.46. The van der Waals surface area contributed by atoms with Crippen molar-refractivity contribution in [3.8, 4) is 0 Å². The topological polar surface area (TPSA) is 12.0 Å². The van der Waals surface area contributed by atoms with Gasteiger partial charge in [0, 0.05) is 6.04 Å². The smallest absolute Gasteiger partial charge is 0.0345 e. The van der Waals surface area contributed by atoms with Gasteiger partial charge in [-0.2, -0.15) is 0 Å². The average Bonchev–Trinajstić information content (AvgIpc) is 2.31. The largest absolute Gasteiger partial charge is 0.313 e. The van der Waals surface area contributed by atoms with Crippen LogP contribution in [0, 0.1) is 17.8 Å². The zero-order valence-electron chi connectivity index (χ0n) is 12.8. The molecule has 0 saturated carbocycles. The van der Waals surface area contributed by atoms with Gasteiger partial charge in [-0.25, -0.2) is 0 Å². The van der Waals surface area contributed by atoms with E-state index in [9.17, 15) is 0 Å². The molecule has 0 heterocycles. The summed E-state index contributed by atoms with van der Waals surface area (Å²) in [5.41, 5.74) is 2.85. The maximum atomic E-state index is 3.46. The zero-order chi connectivity index (χ0) is 13.7. The van der Waals surface area contributed by atoms with E-state index in [2.05, 4.69) is 71.2 Å². The van der Waals surface area contributed by atoms with E-state index < -0.39 is 0 Å². The molecule has 0 aromatic heterocycles. The van der Waals surface area contributed by atoms with Crippen LogP contribution in [0.15, 0.2) is 24.3 Å². The summed E-state index contributed by atoms with van der Waals surface area (Å²) in [6.07, 6.45) is 1.17. The normalized spacial score (nSPS) is 15.1. The van der Waals surface area contributed by atoms with E-state index >= 15 is 0 Å². The Bertz CT molecular complexity index is 337. The zero-order valence-corrected chi connectivity index (χ0v) is 12.8. The summed E-state index contributed by atoms with van der Waals surface area (Å²) in [7, 11) is 2.06. The van der Waals surface area contributed by atoms with Gasteiger partial charge in [0.25, 0.3) is 0 Å². The second kappa shape index (κ2) is 6.94. The van der Waals surface area contributed by atoms with Gasteiger partial charge in [-0.05, 0) is 42.3 Å². The molecule has 1 nitrogen and oxygen atoms in total. The van der Waals surface area contributed by atoms with Crippen LogP contribution in [0.3, 0.4) is 0 Å². The van der Waals surface area contributed by atoms with Gasteiger partial charge < -0.3 is 5.32 Å². The molecule has 1 rings (SSSR count). The molecule has 0 amide bonds. The summed E-state index contributed by atoms with van der Waals surface area (Å²) in [6, 6.07) is 9.60. The Balaban J connectivity index is 2.81. The molecule has 0 aliphatic heterocycles. The number of hydrogen-bond acceptors (Lipinski definition) is 1. The molecular formula is C17H29N. The third kappa shape index (κ3) is 4.13. The van der Waals surface area contributed by atoms with Gasteiger partial charge in [0.1, 0.15) is 0 Å². The van der Waals surface area contributed by atoms with Crippen molar-refractivity contribution in [1.29, 1.82) is 0 Å². The minimum Gasteiger partial charge on any atom is -0.313 e. The van der Waals surface area contributed by atoms with Crippen LogP contribution >= 0.6 is 0 Å². The average molecular weight is 247 g/mol. The number of nitrogens with one attached hydrogen (secondary N) is 1. The molecule has 0 saturated heterocycles. The molecule has 18 heavy (non-hydrogen) atoms. The fraction of sp³-hybridized carbons (Fsp3) is 0.647. The van der Waals surface area contributed by atoms with Crippen molar-refractivity contribution in [2.75, 3.05) is 7.05 Å². The van der Waals surface area contributed by atoms with Gasteiger partial charge in [0.15, 0.2) is 0 Å². The Hall–Kier alpha value is -0.820. The van der Waals surface area contributed by atoms with Crippen LogP contribution in [0.25, 0.3) is 0 Å². The SMILES string of the molecule is CNC(c1ccc(CC(C)C)cc1)C(C)C(C)C. The molecular weight excluding hydrogens is 218 g/mol. The van der Waals surface area contributed by atoms with Gasteiger partial charge in [0.05, 0.1) is 0 Å². The molecule has 0 radical (unpaired) electrons. The fourth-order valence-electron chi connectivity index (χ4n) is 2.45. The summed E-state index contributed by atoms with van der Waals surface area (Å²) >= 11 is 0. The molecule has 0 spiro atoms. The predicted molar refractivity (Wildman–Crippen MR) is 80.8 cm³/mol. The first-order valence-corrected chi connectivity index (χ1v) is 7.21. The highest BCUT2D eigenvalue weighted by molar-refractivity contribution is 5.25. The second-order valence-electron chi connectivity index (χ2n) is 6.21. The number of rotatable bonds is 6. The third-order valence-electron chi connectivity index (χ3n) is 3.87. The minimum atomic E-state index is 0.457. The predicted octanol–water partition coefficient (Wildman–Crippen LogP) is 4.44. The van der Waals surface area contributed by atoms with Crippen molar-refractivity contribution in [3.63, 3.8) is 0 Å². The number of hydrogen-bond donors (Lipinski definition) is 1. The van der Waals surface area contributed by atoms with Gasteiger partial charge in [0.2, 0.25) is 0 Å². The van der Waals surface area contributed by atoms with Crippen LogP contribution in [0.4, 0.5) is 0 Å². The van der Waals surface area contributed by atoms with Crippen LogP contribution < -0.4 is 5.32 Å². The lowest BCUT2D eigenvalue weighted by Crippen LogP contribution is -2.26. The molecule has 2 atom stereocenters. The molecule has 0 fully saturated rings. The van der Waals surface area contributed by atoms with Crippen molar-refractivity contribution in [3.05, 3.63) is 35.4 Å². The fourth-order valence-corrected chi connectivity index (χ4v) is 2.45. The molecule has 0 bridgehead atoms. The quantitative estimate of drug-likeness (QED) is 0.783. The molecule has 1 N–H and O–H groups in total. The molecule has 0 aliphatic rings. The first-order valence-electron chi connectivity index (χ1n) is 7.21. The van der Waals surface area contributed by atoms with E-state index in [1.807, 2.05) is 0 Å². The van der Waals surface area contributed by atoms with Crippen molar-refractivity contribution >= 4 is 0 Å². The Morgan fingerprint density at radius 3 is 1.89 bits per heavy atom. The van der Waals surface area contributed by atoms with E-state index in [-0.39, 0.29) is 0 Å². The molecule has 1 aromatic carbocycles. The van der Waals surface area contributed by atoms with Crippen molar-refractivity contribution in [2.45, 2.75) is 47.1 Å². The van der Waals surface area contributed by atoms with E-state index in [0.717, 1.165) is 5.92 Å². The second-order valence-corrected chi connectivity index (χ2v) is 6.21. The molecule has 1 aromatic rings. The standard InChI is InChI=1S/C17H29N/c1-12(2)11-15-7-9-16(10-8-15)17(18-6)14(5)13(3)4/h7-10,12-14,17-18H,11H2,1-6H3. The molecule has 0 aliphatic carbocycles. The van der Waals surface area contributed by atoms with E-state index in [4.69, 9.17) is 0 Å². The van der Waals surface area contributed by atoms with Crippen LogP contribution in [0.5, 0.6) is 0 Å². The number of benzene rings is 1.